The van der Waals surface area contributed by atoms with Crippen molar-refractivity contribution in [3.8, 4) is 6.07 Å². The van der Waals surface area contributed by atoms with Gasteiger partial charge in [0.1, 0.15) is 12.3 Å². The van der Waals surface area contributed by atoms with Crippen molar-refractivity contribution < 1.29 is 5.11 Å². The van der Waals surface area contributed by atoms with E-state index in [0.717, 1.165) is 17.2 Å². The van der Waals surface area contributed by atoms with Crippen LogP contribution in [-0.2, 0) is 0 Å². The van der Waals surface area contributed by atoms with E-state index < -0.39 is 0 Å². The molecule has 0 radical (unpaired) electrons. The van der Waals surface area contributed by atoms with Crippen LogP contribution in [0.2, 0.25) is 0 Å². The molecule has 0 fully saturated rings. The number of para-hydroxylation sites is 1. The molecule has 4 nitrogen and oxygen atoms in total. The van der Waals surface area contributed by atoms with Gasteiger partial charge in [0.25, 0.3) is 0 Å². The molecule has 0 spiro atoms. The van der Waals surface area contributed by atoms with Gasteiger partial charge in [0.15, 0.2) is 5.70 Å². The maximum Gasteiger partial charge on any atom is 0.176 e. The molecule has 2 rings (SSSR count). The second-order valence-corrected chi connectivity index (χ2v) is 2.74. The molecule has 0 saturated carbocycles. The first-order chi connectivity index (χ1) is 6.86. The molecule has 1 aromatic heterocycles. The maximum atomic E-state index is 8.81. The lowest BCUT2D eigenvalue weighted by atomic mass is 10.2. The Morgan fingerprint density at radius 2 is 2.29 bits per heavy atom. The Morgan fingerprint density at radius 3 is 3.00 bits per heavy atom. The lowest BCUT2D eigenvalue weighted by Gasteiger charge is -1.97. The molecule has 1 N–H and O–H groups in total. The molecule has 1 heterocycles. The lowest BCUT2D eigenvalue weighted by molar-refractivity contribution is 0.473. The highest BCUT2D eigenvalue weighted by molar-refractivity contribution is 5.83. The van der Waals surface area contributed by atoms with Crippen LogP contribution in [0.4, 0.5) is 0 Å². The van der Waals surface area contributed by atoms with E-state index in [1.165, 1.54) is 4.68 Å². The van der Waals surface area contributed by atoms with Gasteiger partial charge in [-0.3, -0.25) is 0 Å². The van der Waals surface area contributed by atoms with Gasteiger partial charge in [-0.2, -0.15) is 10.4 Å². The minimum Gasteiger partial charge on any atom is -0.513 e. The van der Waals surface area contributed by atoms with E-state index in [4.69, 9.17) is 10.4 Å². The molecule has 0 bridgehead atoms. The normalized spacial score (nSPS) is 11.5. The largest absolute Gasteiger partial charge is 0.513 e. The average Bonchev–Trinajstić information content (AvgIpc) is 2.65. The number of hydrogen-bond donors (Lipinski definition) is 1. The van der Waals surface area contributed by atoms with Crippen molar-refractivity contribution >= 4 is 16.6 Å². The number of rotatable bonds is 1. The van der Waals surface area contributed by atoms with Gasteiger partial charge in [-0.1, -0.05) is 18.2 Å². The Labute approximate surface area is 80.3 Å². The number of hydrogen-bond acceptors (Lipinski definition) is 3. The SMILES string of the molecule is N#CC(=CO)n1ncc2ccccc21. The van der Waals surface area contributed by atoms with E-state index in [1.807, 2.05) is 30.3 Å². The Bertz CT molecular complexity index is 534. The summed E-state index contributed by atoms with van der Waals surface area (Å²) < 4.78 is 1.40. The Morgan fingerprint density at radius 1 is 1.50 bits per heavy atom. The highest BCUT2D eigenvalue weighted by atomic mass is 16.2. The molecule has 0 saturated heterocycles. The number of nitrogens with zero attached hydrogens (tertiary/aromatic N) is 3. The molecular weight excluding hydrogens is 178 g/mol. The summed E-state index contributed by atoms with van der Waals surface area (Å²) in [6.07, 6.45) is 2.40. The zero-order valence-corrected chi connectivity index (χ0v) is 7.25. The number of nitriles is 1. The van der Waals surface area contributed by atoms with Crippen molar-refractivity contribution in [2.45, 2.75) is 0 Å². The van der Waals surface area contributed by atoms with E-state index in [1.54, 1.807) is 6.20 Å². The lowest BCUT2D eigenvalue weighted by Crippen LogP contribution is -1.96. The minimum absolute atomic E-state index is 0.103. The third kappa shape index (κ3) is 1.12. The first-order valence-corrected chi connectivity index (χ1v) is 4.04. The minimum atomic E-state index is 0.103. The second-order valence-electron chi connectivity index (χ2n) is 2.74. The summed E-state index contributed by atoms with van der Waals surface area (Å²) in [5.74, 6) is 0. The van der Waals surface area contributed by atoms with E-state index in [2.05, 4.69) is 5.10 Å². The van der Waals surface area contributed by atoms with Gasteiger partial charge in [-0.25, -0.2) is 4.68 Å². The molecule has 68 valence electrons. The van der Waals surface area contributed by atoms with Crippen molar-refractivity contribution in [1.82, 2.24) is 9.78 Å². The number of aliphatic hydroxyl groups excluding tert-OH is 1. The van der Waals surface area contributed by atoms with Gasteiger partial charge in [-0.05, 0) is 6.07 Å². The van der Waals surface area contributed by atoms with Crippen LogP contribution in [0.1, 0.15) is 0 Å². The first-order valence-electron chi connectivity index (χ1n) is 4.04. The molecule has 2 aromatic rings. The van der Waals surface area contributed by atoms with Crippen LogP contribution in [0.25, 0.3) is 16.6 Å². The van der Waals surface area contributed by atoms with E-state index in [9.17, 15) is 0 Å². The molecule has 0 aliphatic rings. The number of aromatic nitrogens is 2. The van der Waals surface area contributed by atoms with Crippen LogP contribution in [0.5, 0.6) is 0 Å². The molecular formula is C10H7N3O. The highest BCUT2D eigenvalue weighted by Crippen LogP contribution is 2.15. The van der Waals surface area contributed by atoms with Crippen molar-refractivity contribution in [3.63, 3.8) is 0 Å². The Kier molecular flexibility index (Phi) is 1.92. The molecule has 4 heteroatoms. The van der Waals surface area contributed by atoms with Crippen LogP contribution in [0, 0.1) is 11.3 Å². The van der Waals surface area contributed by atoms with Crippen LogP contribution in [-0.4, -0.2) is 14.9 Å². The molecule has 0 amide bonds. The van der Waals surface area contributed by atoms with Crippen LogP contribution in [0.15, 0.2) is 36.7 Å². The molecule has 0 atom stereocenters. The highest BCUT2D eigenvalue weighted by Gasteiger charge is 2.05. The maximum absolute atomic E-state index is 8.81. The number of aliphatic hydroxyl groups is 1. The molecule has 1 aromatic carbocycles. The fraction of sp³-hybridized carbons (Fsp3) is 0. The van der Waals surface area contributed by atoms with Gasteiger partial charge in [-0.15, -0.1) is 0 Å². The zero-order chi connectivity index (χ0) is 9.97. The van der Waals surface area contributed by atoms with Gasteiger partial charge in [0.2, 0.25) is 0 Å². The second kappa shape index (κ2) is 3.23. The van der Waals surface area contributed by atoms with Crippen molar-refractivity contribution in [1.29, 1.82) is 5.26 Å². The van der Waals surface area contributed by atoms with Gasteiger partial charge in [0.05, 0.1) is 11.7 Å². The third-order valence-electron chi connectivity index (χ3n) is 1.94. The van der Waals surface area contributed by atoms with Crippen molar-refractivity contribution in [3.05, 3.63) is 36.7 Å². The predicted molar refractivity (Wildman–Crippen MR) is 52.2 cm³/mol. The Balaban J connectivity index is 2.71. The van der Waals surface area contributed by atoms with E-state index in [-0.39, 0.29) is 5.70 Å². The number of fused-ring (bicyclic) bond motifs is 1. The fourth-order valence-corrected chi connectivity index (χ4v) is 1.29. The van der Waals surface area contributed by atoms with E-state index in [0.29, 0.717) is 0 Å². The monoisotopic (exact) mass is 185 g/mol. The number of benzene rings is 1. The van der Waals surface area contributed by atoms with Crippen LogP contribution < -0.4 is 0 Å². The summed E-state index contributed by atoms with van der Waals surface area (Å²) in [6.45, 7) is 0. The smallest absolute Gasteiger partial charge is 0.176 e. The third-order valence-corrected chi connectivity index (χ3v) is 1.94. The predicted octanol–water partition coefficient (Wildman–Crippen LogP) is 1.92. The number of allylic oxidation sites excluding steroid dienone is 1. The molecule has 0 aliphatic heterocycles. The Hall–Kier alpha value is -2.28. The fourth-order valence-electron chi connectivity index (χ4n) is 1.29. The van der Waals surface area contributed by atoms with Crippen molar-refractivity contribution in [2.24, 2.45) is 0 Å². The summed E-state index contributed by atoms with van der Waals surface area (Å²) in [4.78, 5) is 0. The molecule has 0 unspecified atom stereocenters. The topological polar surface area (TPSA) is 61.8 Å². The molecule has 0 aliphatic carbocycles. The van der Waals surface area contributed by atoms with Crippen molar-refractivity contribution in [2.75, 3.05) is 0 Å². The van der Waals surface area contributed by atoms with Crippen LogP contribution in [0.3, 0.4) is 0 Å². The quantitative estimate of drug-likeness (QED) is 0.545. The van der Waals surface area contributed by atoms with Gasteiger partial charge >= 0.3 is 0 Å². The summed E-state index contributed by atoms with van der Waals surface area (Å²) >= 11 is 0. The van der Waals surface area contributed by atoms with Gasteiger partial charge in [0, 0.05) is 5.39 Å². The zero-order valence-electron chi connectivity index (χ0n) is 7.25. The first kappa shape index (κ1) is 8.32. The van der Waals surface area contributed by atoms with E-state index >= 15 is 0 Å². The van der Waals surface area contributed by atoms with Gasteiger partial charge < -0.3 is 5.11 Å². The summed E-state index contributed by atoms with van der Waals surface area (Å²) in [7, 11) is 0. The summed E-state index contributed by atoms with van der Waals surface area (Å²) in [5.41, 5.74) is 0.903. The molecule has 14 heavy (non-hydrogen) atoms. The summed E-state index contributed by atoms with van der Waals surface area (Å²) in [6, 6.07) is 9.33. The standard InChI is InChI=1S/C10H7N3O/c11-5-9(7-14)13-10-4-2-1-3-8(10)6-12-13/h1-4,6-7,14H. The summed E-state index contributed by atoms with van der Waals surface area (Å²) in [5, 5.41) is 22.5. The van der Waals surface area contributed by atoms with Crippen LogP contribution >= 0.6 is 0 Å². The average molecular weight is 185 g/mol.